The summed E-state index contributed by atoms with van der Waals surface area (Å²) in [6.07, 6.45) is 19.8. The van der Waals surface area contributed by atoms with Gasteiger partial charge in [-0.1, -0.05) is 76.3 Å². The molecular weight excluding hydrogens is 558 g/mol. The van der Waals surface area contributed by atoms with Gasteiger partial charge in [-0.2, -0.15) is 35.4 Å². The van der Waals surface area contributed by atoms with Crippen molar-refractivity contribution in [2.24, 2.45) is 0 Å². The van der Waals surface area contributed by atoms with Gasteiger partial charge < -0.3 is 24.8 Å². The van der Waals surface area contributed by atoms with Gasteiger partial charge in [0.15, 0.2) is 0 Å². The van der Waals surface area contributed by atoms with Crippen molar-refractivity contribution in [1.82, 2.24) is 0 Å². The molecule has 2 aromatic rings. The molecule has 2 aromatic carbocycles. The maximum absolute atomic E-state index is 3.53. The summed E-state index contributed by atoms with van der Waals surface area (Å²) in [6, 6.07) is 15.1. The van der Waals surface area contributed by atoms with Crippen LogP contribution in [0.25, 0.3) is 11.1 Å². The zero-order chi connectivity index (χ0) is 24.8. The molecule has 0 saturated heterocycles. The van der Waals surface area contributed by atoms with Gasteiger partial charge in [-0.05, 0) is 17.4 Å². The molecule has 0 N–H and O–H groups in total. The van der Waals surface area contributed by atoms with Crippen molar-refractivity contribution in [3.63, 3.8) is 0 Å². The van der Waals surface area contributed by atoms with Crippen LogP contribution >= 0.6 is 0 Å². The number of benzene rings is 2. The van der Waals surface area contributed by atoms with Gasteiger partial charge in [-0.3, -0.25) is 6.08 Å². The van der Waals surface area contributed by atoms with Gasteiger partial charge in [0.1, 0.15) is 0 Å². The fourth-order valence-electron chi connectivity index (χ4n) is 4.48. The van der Waals surface area contributed by atoms with Gasteiger partial charge in [0.2, 0.25) is 0 Å². The summed E-state index contributed by atoms with van der Waals surface area (Å²) in [5, 5.41) is 0. The predicted molar refractivity (Wildman–Crippen MR) is 145 cm³/mol. The molecule has 0 amide bonds. The molecule has 0 bridgehead atoms. The molecule has 0 nitrogen and oxygen atoms in total. The average molecular weight is 601 g/mol. The van der Waals surface area contributed by atoms with Crippen LogP contribution in [0.3, 0.4) is 0 Å². The molecule has 1 saturated carbocycles. The Morgan fingerprint density at radius 3 is 1.89 bits per heavy atom. The second-order valence-corrected chi connectivity index (χ2v) is 13.6. The van der Waals surface area contributed by atoms with Gasteiger partial charge in [0, 0.05) is 0 Å². The zero-order valence-electron chi connectivity index (χ0n) is 23.0. The normalized spacial score (nSPS) is 15.7. The van der Waals surface area contributed by atoms with E-state index in [1.807, 2.05) is 15.4 Å². The van der Waals surface area contributed by atoms with E-state index < -0.39 is 0 Å². The van der Waals surface area contributed by atoms with E-state index in [9.17, 15) is 0 Å². The second kappa shape index (κ2) is 15.0. The Bertz CT molecular complexity index is 967. The van der Waals surface area contributed by atoms with E-state index in [0.717, 1.165) is 12.8 Å². The van der Waals surface area contributed by atoms with Gasteiger partial charge in [0.25, 0.3) is 0 Å². The van der Waals surface area contributed by atoms with Crippen molar-refractivity contribution in [1.29, 1.82) is 0 Å². The fraction of sp³-hybridized carbons (Fsp3) is 0.485. The third-order valence-electron chi connectivity index (χ3n) is 6.82. The van der Waals surface area contributed by atoms with E-state index in [-0.39, 0.29) is 35.6 Å². The van der Waals surface area contributed by atoms with E-state index in [1.54, 1.807) is 24.2 Å². The first kappa shape index (κ1) is 33.3. The Balaban J connectivity index is 0.000000356. The fourth-order valence-corrected chi connectivity index (χ4v) is 5.35. The van der Waals surface area contributed by atoms with Gasteiger partial charge >= 0.3 is 66.0 Å². The molecule has 0 unspecified atom stereocenters. The van der Waals surface area contributed by atoms with Crippen LogP contribution in [0, 0.1) is 12.1 Å². The summed E-state index contributed by atoms with van der Waals surface area (Å²) in [4.78, 5) is 0. The van der Waals surface area contributed by atoms with Gasteiger partial charge in [0.05, 0.1) is 0 Å². The average Bonchev–Trinajstić information content (AvgIpc) is 3.41. The number of hydrogen-bond donors (Lipinski definition) is 0. The molecular formula is C33H42Cl2Zr-2. The topological polar surface area (TPSA) is 0 Å². The molecule has 0 aromatic heterocycles. The maximum atomic E-state index is 3.53. The molecule has 0 radical (unpaired) electrons. The zero-order valence-corrected chi connectivity index (χ0v) is 27.0. The summed E-state index contributed by atoms with van der Waals surface area (Å²) in [6.45, 7) is 13.6. The van der Waals surface area contributed by atoms with Crippen molar-refractivity contribution in [2.75, 3.05) is 0 Å². The Morgan fingerprint density at radius 1 is 0.778 bits per heavy atom. The second-order valence-electron chi connectivity index (χ2n) is 11.9. The first-order chi connectivity index (χ1) is 16.1. The van der Waals surface area contributed by atoms with Crippen LogP contribution in [0.4, 0.5) is 0 Å². The van der Waals surface area contributed by atoms with Crippen LogP contribution in [0.15, 0.2) is 48.6 Å². The molecule has 0 spiro atoms. The van der Waals surface area contributed by atoms with E-state index >= 15 is 0 Å². The van der Waals surface area contributed by atoms with E-state index in [2.05, 4.69) is 90.1 Å². The number of fused-ring (bicyclic) bond motifs is 3. The first-order valence-electron chi connectivity index (χ1n) is 13.0. The molecule has 5 rings (SSSR count). The molecule has 0 heterocycles. The van der Waals surface area contributed by atoms with Crippen molar-refractivity contribution in [3.8, 4) is 11.1 Å². The van der Waals surface area contributed by atoms with Crippen molar-refractivity contribution in [3.05, 3.63) is 83.0 Å². The first-order valence-corrected chi connectivity index (χ1v) is 14.3. The van der Waals surface area contributed by atoms with Crippen molar-refractivity contribution < 1.29 is 49.0 Å². The number of rotatable bonds is 0. The van der Waals surface area contributed by atoms with Crippen LogP contribution in [-0.4, -0.2) is 3.21 Å². The van der Waals surface area contributed by atoms with Crippen LogP contribution < -0.4 is 24.8 Å². The third-order valence-corrected chi connectivity index (χ3v) is 8.05. The number of hydrogen-bond acceptors (Lipinski definition) is 0. The summed E-state index contributed by atoms with van der Waals surface area (Å²) in [5.74, 6) is 0. The van der Waals surface area contributed by atoms with E-state index in [0.29, 0.717) is 0 Å². The molecule has 3 heteroatoms. The molecule has 1 fully saturated rings. The van der Waals surface area contributed by atoms with Gasteiger partial charge in [-0.25, -0.2) is 12.2 Å². The van der Waals surface area contributed by atoms with Gasteiger partial charge in [-0.15, -0.1) is 12.0 Å². The van der Waals surface area contributed by atoms with Crippen LogP contribution in [0.2, 0.25) is 0 Å². The quantitative estimate of drug-likeness (QED) is 0.275. The van der Waals surface area contributed by atoms with Crippen molar-refractivity contribution in [2.45, 2.75) is 104 Å². The molecule has 3 aliphatic carbocycles. The Kier molecular flexibility index (Phi) is 13.9. The van der Waals surface area contributed by atoms with Crippen LogP contribution in [0.5, 0.6) is 0 Å². The Morgan fingerprint density at radius 2 is 1.39 bits per heavy atom. The summed E-state index contributed by atoms with van der Waals surface area (Å²) in [7, 11) is 0. The summed E-state index contributed by atoms with van der Waals surface area (Å²) >= 11 is 1.69. The summed E-state index contributed by atoms with van der Waals surface area (Å²) in [5.41, 5.74) is 8.76. The molecule has 0 atom stereocenters. The standard InChI is InChI=1S/C21H25.C7H12.C5H5.2ClH.Zr/c1-20(2,3)16-9-7-14-11-15-8-10-17(21(4,5)6)13-19(15)18(14)12-16;1-2-4-6-7-5-3-1;1-2-4-5-3-1;;;/h7,9-10,12-13H,11H2,1-6H3;1-6H2;1-3H,4H2;2*1H;/q-1;;-1;;;+2/p-2. The number of allylic oxidation sites excluding steroid dienone is 4. The third kappa shape index (κ3) is 9.85. The minimum absolute atomic E-state index is 0. The van der Waals surface area contributed by atoms with Crippen LogP contribution in [0.1, 0.15) is 109 Å². The van der Waals surface area contributed by atoms with Crippen molar-refractivity contribution >= 4 is 3.21 Å². The van der Waals surface area contributed by atoms with E-state index in [4.69, 9.17) is 0 Å². The molecule has 3 aliphatic rings. The molecule has 36 heavy (non-hydrogen) atoms. The molecule has 0 aliphatic heterocycles. The monoisotopic (exact) mass is 598 g/mol. The van der Waals surface area contributed by atoms with Crippen LogP contribution in [-0.2, 0) is 41.5 Å². The SMILES string of the molecule is CC(C)(C)c1c[c-]c2c(c1)-c1cc(C(C)(C)C)ccc1C2.[C-]1=CC=CC1.[Cl-].[Cl-].[Zr+2]=[C]1CCCCCC1. The summed E-state index contributed by atoms with van der Waals surface area (Å²) < 4.78 is 1.81. The minimum atomic E-state index is 0. The Labute approximate surface area is 248 Å². The molecule has 194 valence electrons. The Hall–Kier alpha value is -0.747. The predicted octanol–water partition coefficient (Wildman–Crippen LogP) is 3.03. The number of halogens is 2. The van der Waals surface area contributed by atoms with E-state index in [1.165, 1.54) is 71.9 Å².